The first-order valence-electron chi connectivity index (χ1n) is 6.43. The monoisotopic (exact) mass is 302 g/mol. The largest absolute Gasteiger partial charge is 0.396 e. The summed E-state index contributed by atoms with van der Waals surface area (Å²) in [5.41, 5.74) is 5.67. The Morgan fingerprint density at radius 1 is 1.30 bits per heavy atom. The average molecular weight is 302 g/mol. The van der Waals surface area contributed by atoms with Gasteiger partial charge in [-0.15, -0.1) is 0 Å². The van der Waals surface area contributed by atoms with Gasteiger partial charge in [0.25, 0.3) is 0 Å². The van der Waals surface area contributed by atoms with Crippen molar-refractivity contribution in [2.24, 2.45) is 0 Å². The number of sulfonamides is 1. The highest BCUT2D eigenvalue weighted by Crippen LogP contribution is 2.26. The first-order chi connectivity index (χ1) is 9.21. The van der Waals surface area contributed by atoms with E-state index in [2.05, 4.69) is 0 Å². The van der Waals surface area contributed by atoms with Crippen LogP contribution in [0.5, 0.6) is 0 Å². The van der Waals surface area contributed by atoms with Gasteiger partial charge in [-0.3, -0.25) is 0 Å². The first kappa shape index (κ1) is 15.2. The van der Waals surface area contributed by atoms with Gasteiger partial charge in [-0.25, -0.2) is 12.8 Å². The summed E-state index contributed by atoms with van der Waals surface area (Å²) in [5, 5.41) is 0. The number of morpholine rings is 1. The minimum absolute atomic E-state index is 0.0534. The van der Waals surface area contributed by atoms with Crippen LogP contribution in [0.4, 0.5) is 10.1 Å². The van der Waals surface area contributed by atoms with Gasteiger partial charge in [0.05, 0.1) is 22.8 Å². The molecule has 7 heteroatoms. The molecule has 0 bridgehead atoms. The second-order valence-corrected chi connectivity index (χ2v) is 7.12. The van der Waals surface area contributed by atoms with Crippen LogP contribution in [0.15, 0.2) is 17.0 Å². The number of anilines is 1. The van der Waals surface area contributed by atoms with Crippen LogP contribution in [0.3, 0.4) is 0 Å². The van der Waals surface area contributed by atoms with Crippen molar-refractivity contribution in [3.05, 3.63) is 23.5 Å². The van der Waals surface area contributed by atoms with Crippen molar-refractivity contribution in [1.29, 1.82) is 0 Å². The van der Waals surface area contributed by atoms with Gasteiger partial charge < -0.3 is 10.5 Å². The van der Waals surface area contributed by atoms with Crippen LogP contribution in [0.2, 0.25) is 0 Å². The van der Waals surface area contributed by atoms with Crippen molar-refractivity contribution in [2.45, 2.75) is 37.9 Å². The molecule has 0 amide bonds. The zero-order valence-electron chi connectivity index (χ0n) is 11.8. The lowest BCUT2D eigenvalue weighted by molar-refractivity contribution is -0.0440. The molecule has 1 aliphatic heterocycles. The summed E-state index contributed by atoms with van der Waals surface area (Å²) < 4.78 is 45.6. The molecule has 2 N–H and O–H groups in total. The lowest BCUT2D eigenvalue weighted by Gasteiger charge is -2.34. The molecule has 1 saturated heterocycles. The molecule has 2 rings (SSSR count). The maximum Gasteiger partial charge on any atom is 0.243 e. The number of nitrogen functional groups attached to an aromatic ring is 1. The Kier molecular flexibility index (Phi) is 4.04. The van der Waals surface area contributed by atoms with E-state index in [0.29, 0.717) is 5.56 Å². The molecule has 2 atom stereocenters. The number of aryl methyl sites for hydroxylation is 1. The van der Waals surface area contributed by atoms with E-state index < -0.39 is 15.8 Å². The number of nitrogens with two attached hydrogens (primary N) is 1. The smallest absolute Gasteiger partial charge is 0.243 e. The Morgan fingerprint density at radius 2 is 1.85 bits per heavy atom. The summed E-state index contributed by atoms with van der Waals surface area (Å²) >= 11 is 0. The fourth-order valence-electron chi connectivity index (χ4n) is 2.41. The fraction of sp³-hybridized carbons (Fsp3) is 0.538. The molecule has 0 spiro atoms. The van der Waals surface area contributed by atoms with E-state index in [0.717, 1.165) is 6.07 Å². The summed E-state index contributed by atoms with van der Waals surface area (Å²) in [6.07, 6.45) is -0.349. The zero-order chi connectivity index (χ0) is 15.1. The normalized spacial score (nSPS) is 24.8. The number of ether oxygens (including phenoxy) is 1. The minimum Gasteiger partial charge on any atom is -0.396 e. The van der Waals surface area contributed by atoms with E-state index in [4.69, 9.17) is 10.5 Å². The molecule has 20 heavy (non-hydrogen) atoms. The maximum atomic E-state index is 13.4. The predicted octanol–water partition coefficient (Wildman–Crippen LogP) is 1.51. The lowest BCUT2D eigenvalue weighted by atomic mass is 10.2. The minimum atomic E-state index is -3.69. The van der Waals surface area contributed by atoms with E-state index in [9.17, 15) is 12.8 Å². The van der Waals surface area contributed by atoms with Gasteiger partial charge in [-0.05, 0) is 38.5 Å². The number of hydrogen-bond acceptors (Lipinski definition) is 4. The molecule has 0 saturated carbocycles. The van der Waals surface area contributed by atoms with Crippen LogP contribution >= 0.6 is 0 Å². The Hall–Kier alpha value is -1.18. The van der Waals surface area contributed by atoms with E-state index in [-0.39, 0.29) is 35.9 Å². The third-order valence-electron chi connectivity index (χ3n) is 3.30. The third-order valence-corrected chi connectivity index (χ3v) is 5.27. The van der Waals surface area contributed by atoms with E-state index in [1.165, 1.54) is 10.4 Å². The fourth-order valence-corrected chi connectivity index (χ4v) is 4.24. The summed E-state index contributed by atoms with van der Waals surface area (Å²) in [6.45, 7) is 5.77. The first-order valence-corrected chi connectivity index (χ1v) is 7.87. The molecule has 0 aromatic heterocycles. The number of rotatable bonds is 2. The van der Waals surface area contributed by atoms with E-state index in [1.807, 2.05) is 13.8 Å². The van der Waals surface area contributed by atoms with Crippen LogP contribution in [-0.2, 0) is 14.8 Å². The van der Waals surface area contributed by atoms with Gasteiger partial charge in [0.2, 0.25) is 10.0 Å². The van der Waals surface area contributed by atoms with Crippen LogP contribution in [0, 0.1) is 12.7 Å². The van der Waals surface area contributed by atoms with Crippen molar-refractivity contribution < 1.29 is 17.5 Å². The molecule has 1 aliphatic rings. The number of benzene rings is 1. The van der Waals surface area contributed by atoms with Crippen molar-refractivity contribution in [1.82, 2.24) is 4.31 Å². The highest BCUT2D eigenvalue weighted by Gasteiger charge is 2.33. The van der Waals surface area contributed by atoms with E-state index in [1.54, 1.807) is 6.92 Å². The van der Waals surface area contributed by atoms with Crippen molar-refractivity contribution >= 4 is 15.7 Å². The lowest BCUT2D eigenvalue weighted by Crippen LogP contribution is -2.48. The average Bonchev–Trinajstić information content (AvgIpc) is 2.32. The molecule has 1 heterocycles. The SMILES string of the molecule is Cc1cc(F)c(N)cc1S(=O)(=O)N1C[C@@H](C)O[C@@H](C)C1. The van der Waals surface area contributed by atoms with Gasteiger partial charge in [-0.2, -0.15) is 4.31 Å². The van der Waals surface area contributed by atoms with Crippen molar-refractivity contribution in [3.8, 4) is 0 Å². The van der Waals surface area contributed by atoms with Gasteiger partial charge in [-0.1, -0.05) is 0 Å². The molecule has 1 aromatic carbocycles. The van der Waals surface area contributed by atoms with Crippen LogP contribution < -0.4 is 5.73 Å². The molecule has 5 nitrogen and oxygen atoms in total. The highest BCUT2D eigenvalue weighted by atomic mass is 32.2. The van der Waals surface area contributed by atoms with E-state index >= 15 is 0 Å². The summed E-state index contributed by atoms with van der Waals surface area (Å²) in [6, 6.07) is 2.33. The molecule has 0 aliphatic carbocycles. The zero-order valence-corrected chi connectivity index (χ0v) is 12.6. The van der Waals surface area contributed by atoms with Gasteiger partial charge in [0.1, 0.15) is 5.82 Å². The second kappa shape index (κ2) is 5.31. The highest BCUT2D eigenvalue weighted by molar-refractivity contribution is 7.89. The summed E-state index contributed by atoms with van der Waals surface area (Å²) in [7, 11) is -3.69. The van der Waals surface area contributed by atoms with Gasteiger partial charge in [0, 0.05) is 13.1 Å². The van der Waals surface area contributed by atoms with Gasteiger partial charge >= 0.3 is 0 Å². The molecule has 1 fully saturated rings. The van der Waals surface area contributed by atoms with Crippen LogP contribution in [0.1, 0.15) is 19.4 Å². The molecular formula is C13H19FN2O3S. The van der Waals surface area contributed by atoms with Crippen LogP contribution in [0.25, 0.3) is 0 Å². The molecule has 112 valence electrons. The standard InChI is InChI=1S/C13H19FN2O3S/c1-8-4-11(14)12(15)5-13(8)20(17,18)16-6-9(2)19-10(3)7-16/h4-5,9-10H,6-7,15H2,1-3H3/t9-,10+. The van der Waals surface area contributed by atoms with Crippen molar-refractivity contribution in [2.75, 3.05) is 18.8 Å². The summed E-state index contributed by atoms with van der Waals surface area (Å²) in [4.78, 5) is 0.0534. The number of hydrogen-bond donors (Lipinski definition) is 1. The third kappa shape index (κ3) is 2.79. The Morgan fingerprint density at radius 3 is 2.40 bits per heavy atom. The molecular weight excluding hydrogens is 283 g/mol. The predicted molar refractivity (Wildman–Crippen MR) is 74.3 cm³/mol. The number of nitrogens with zero attached hydrogens (tertiary/aromatic N) is 1. The number of halogens is 1. The maximum absolute atomic E-state index is 13.4. The molecule has 0 unspecified atom stereocenters. The Bertz CT molecular complexity index is 608. The summed E-state index contributed by atoms with van der Waals surface area (Å²) in [5.74, 6) is -0.606. The quantitative estimate of drug-likeness (QED) is 0.841. The second-order valence-electron chi connectivity index (χ2n) is 5.22. The van der Waals surface area contributed by atoms with Crippen molar-refractivity contribution in [3.63, 3.8) is 0 Å². The molecule has 0 radical (unpaired) electrons. The Balaban J connectivity index is 2.42. The van der Waals surface area contributed by atoms with Gasteiger partial charge in [0.15, 0.2) is 0 Å². The molecule has 1 aromatic rings. The van der Waals surface area contributed by atoms with Crippen LogP contribution in [-0.4, -0.2) is 38.0 Å². The topological polar surface area (TPSA) is 72.6 Å². The Labute approximate surface area is 118 Å².